The van der Waals surface area contributed by atoms with Gasteiger partial charge in [0.1, 0.15) is 5.04 Å². The molecule has 0 saturated carbocycles. The topological polar surface area (TPSA) is 80.7 Å². The number of rotatable bonds is 6. The van der Waals surface area contributed by atoms with Crippen molar-refractivity contribution in [2.45, 2.75) is 34.1 Å². The van der Waals surface area contributed by atoms with E-state index >= 15 is 0 Å². The van der Waals surface area contributed by atoms with E-state index in [2.05, 4.69) is 5.16 Å². The first-order valence-electron chi connectivity index (χ1n) is 7.68. The van der Waals surface area contributed by atoms with Gasteiger partial charge in [-0.3, -0.25) is 4.84 Å². The Morgan fingerprint density at radius 3 is 2.48 bits per heavy atom. The van der Waals surface area contributed by atoms with Gasteiger partial charge in [-0.05, 0) is 31.4 Å². The van der Waals surface area contributed by atoms with Gasteiger partial charge in [0.05, 0.1) is 13.2 Å². The number of hydrogen-bond donors (Lipinski definition) is 0. The lowest BCUT2D eigenvalue weighted by Gasteiger charge is -2.41. The van der Waals surface area contributed by atoms with Crippen LogP contribution in [0.2, 0.25) is 0 Å². The first-order chi connectivity index (χ1) is 11.6. The molecule has 1 atom stereocenters. The van der Waals surface area contributed by atoms with Crippen molar-refractivity contribution in [3.05, 3.63) is 0 Å². The van der Waals surface area contributed by atoms with Crippen molar-refractivity contribution < 1.29 is 22.9 Å². The molecule has 12 heteroatoms. The summed E-state index contributed by atoms with van der Waals surface area (Å²) in [4.78, 5) is 16.9. The molecule has 0 aliphatic carbocycles. The van der Waals surface area contributed by atoms with E-state index in [1.165, 1.54) is 22.9 Å². The van der Waals surface area contributed by atoms with Gasteiger partial charge in [0.25, 0.3) is 6.64 Å². The van der Waals surface area contributed by atoms with Crippen LogP contribution in [0.4, 0.5) is 4.79 Å². The molecule has 8 nitrogen and oxygen atoms in total. The standard InChI is InChI=1S/C13H26N3O5PS3/c1-7-8-16(22(23)19-9-13(3,4)10-20-22)25(18)15(5)12(17)21-14-11(2)24-6/h7-10H2,1-6H3. The molecule has 0 radical (unpaired) electrons. The van der Waals surface area contributed by atoms with Crippen molar-refractivity contribution in [2.24, 2.45) is 10.6 Å². The molecule has 25 heavy (non-hydrogen) atoms. The molecule has 0 aromatic heterocycles. The Hall–Kier alpha value is -0.0300. The zero-order chi connectivity index (χ0) is 19.3. The monoisotopic (exact) mass is 431 g/mol. The molecule has 1 rings (SSSR count). The van der Waals surface area contributed by atoms with Crippen LogP contribution in [-0.4, -0.2) is 56.8 Å². The maximum absolute atomic E-state index is 12.9. The number of oxime groups is 1. The Morgan fingerprint density at radius 2 is 2.00 bits per heavy atom. The van der Waals surface area contributed by atoms with Crippen LogP contribution in [-0.2, 0) is 36.9 Å². The normalized spacial score (nSPS) is 21.0. The summed E-state index contributed by atoms with van der Waals surface area (Å²) < 4.78 is 26.8. The van der Waals surface area contributed by atoms with Crippen molar-refractivity contribution in [2.75, 3.05) is 33.1 Å². The van der Waals surface area contributed by atoms with Crippen LogP contribution in [0.3, 0.4) is 0 Å². The van der Waals surface area contributed by atoms with E-state index in [9.17, 15) is 9.00 Å². The third-order valence-corrected chi connectivity index (χ3v) is 9.23. The summed E-state index contributed by atoms with van der Waals surface area (Å²) in [6.45, 7) is 5.88. The maximum Gasteiger partial charge on any atom is 0.448 e. The van der Waals surface area contributed by atoms with Crippen molar-refractivity contribution in [1.82, 2.24) is 8.38 Å². The first-order valence-corrected chi connectivity index (χ1v) is 12.6. The number of hydrogen-bond acceptors (Lipinski definition) is 8. The second-order valence-corrected chi connectivity index (χ2v) is 12.2. The number of thioether (sulfide) groups is 1. The average Bonchev–Trinajstić information content (AvgIpc) is 2.58. The molecular weight excluding hydrogens is 405 g/mol. The molecule has 1 saturated heterocycles. The van der Waals surface area contributed by atoms with Gasteiger partial charge in [0, 0.05) is 19.0 Å². The van der Waals surface area contributed by atoms with Gasteiger partial charge in [-0.1, -0.05) is 25.9 Å². The molecule has 1 heterocycles. The second-order valence-electron chi connectivity index (χ2n) is 6.16. The molecule has 0 aromatic carbocycles. The van der Waals surface area contributed by atoms with Gasteiger partial charge in [0.15, 0.2) is 0 Å². The Bertz CT molecular complexity index is 573. The van der Waals surface area contributed by atoms with Crippen LogP contribution in [0, 0.1) is 5.41 Å². The first kappa shape index (κ1) is 23.0. The van der Waals surface area contributed by atoms with Crippen molar-refractivity contribution >= 4 is 52.5 Å². The summed E-state index contributed by atoms with van der Waals surface area (Å²) in [5.41, 5.74) is -0.156. The highest BCUT2D eigenvalue weighted by Crippen LogP contribution is 2.57. The number of carbonyl (C=O) groups excluding carboxylic acids is 1. The molecule has 0 spiro atoms. The van der Waals surface area contributed by atoms with Gasteiger partial charge in [-0.15, -0.1) is 15.8 Å². The molecule has 1 unspecified atom stereocenters. The van der Waals surface area contributed by atoms with Gasteiger partial charge in [-0.25, -0.2) is 13.3 Å². The third kappa shape index (κ3) is 6.57. The maximum atomic E-state index is 12.9. The minimum Gasteiger partial charge on any atom is -0.317 e. The van der Waals surface area contributed by atoms with E-state index in [-0.39, 0.29) is 5.41 Å². The van der Waals surface area contributed by atoms with E-state index in [0.29, 0.717) is 31.2 Å². The van der Waals surface area contributed by atoms with Crippen LogP contribution < -0.4 is 0 Å². The van der Waals surface area contributed by atoms with Crippen LogP contribution in [0.15, 0.2) is 5.16 Å². The summed E-state index contributed by atoms with van der Waals surface area (Å²) >= 11 is 4.98. The molecular formula is C13H26N3O5PS3. The fraction of sp³-hybridized carbons (Fsp3) is 0.846. The number of amides is 1. The Morgan fingerprint density at radius 1 is 1.44 bits per heavy atom. The Balaban J connectivity index is 2.89. The van der Waals surface area contributed by atoms with Gasteiger partial charge < -0.3 is 9.05 Å². The average molecular weight is 432 g/mol. The minimum absolute atomic E-state index is 0.156. The van der Waals surface area contributed by atoms with E-state index in [1.807, 2.05) is 27.0 Å². The largest absolute Gasteiger partial charge is 0.448 e. The third-order valence-electron chi connectivity index (χ3n) is 3.14. The molecule has 1 aliphatic heterocycles. The molecule has 1 fully saturated rings. The summed E-state index contributed by atoms with van der Waals surface area (Å²) in [6.07, 6.45) is 1.64. The van der Waals surface area contributed by atoms with Crippen LogP contribution >= 0.6 is 18.4 Å². The lowest BCUT2D eigenvalue weighted by Crippen LogP contribution is -2.41. The minimum atomic E-state index is -2.94. The molecule has 146 valence electrons. The zero-order valence-electron chi connectivity index (χ0n) is 15.4. The SMILES string of the molecule is CCCN(S(=O)N(C)C(=O)ON=C(C)SC)P1(=S)OCC(C)(C)CO1. The highest BCUT2D eigenvalue weighted by atomic mass is 32.5. The van der Waals surface area contributed by atoms with E-state index in [0.717, 1.165) is 4.31 Å². The second kappa shape index (κ2) is 9.77. The molecule has 0 bridgehead atoms. The highest BCUT2D eigenvalue weighted by molar-refractivity contribution is 8.13. The fourth-order valence-corrected chi connectivity index (χ4v) is 6.67. The Kier molecular flexibility index (Phi) is 9.00. The lowest BCUT2D eigenvalue weighted by atomic mass is 9.97. The lowest BCUT2D eigenvalue weighted by molar-refractivity contribution is 0.0499. The summed E-state index contributed by atoms with van der Waals surface area (Å²) in [7, 11) is 1.36. The number of nitrogens with zero attached hydrogens (tertiary/aromatic N) is 3. The van der Waals surface area contributed by atoms with E-state index in [4.69, 9.17) is 25.7 Å². The van der Waals surface area contributed by atoms with E-state index in [1.54, 1.807) is 6.92 Å². The predicted molar refractivity (Wildman–Crippen MR) is 106 cm³/mol. The summed E-state index contributed by atoms with van der Waals surface area (Å²) in [5, 5.41) is 4.23. The van der Waals surface area contributed by atoms with Crippen LogP contribution in [0.5, 0.6) is 0 Å². The predicted octanol–water partition coefficient (Wildman–Crippen LogP) is 3.34. The van der Waals surface area contributed by atoms with E-state index < -0.39 is 23.9 Å². The Labute approximate surface area is 161 Å². The molecule has 0 aromatic rings. The zero-order valence-corrected chi connectivity index (χ0v) is 18.7. The number of carbonyl (C=O) groups is 1. The van der Waals surface area contributed by atoms with Crippen LogP contribution in [0.25, 0.3) is 0 Å². The van der Waals surface area contributed by atoms with Crippen molar-refractivity contribution in [3.63, 3.8) is 0 Å². The summed E-state index contributed by atoms with van der Waals surface area (Å²) in [5.74, 6) is 0. The van der Waals surface area contributed by atoms with Crippen molar-refractivity contribution in [1.29, 1.82) is 0 Å². The summed E-state index contributed by atoms with van der Waals surface area (Å²) in [6, 6.07) is 0. The van der Waals surface area contributed by atoms with Crippen LogP contribution in [0.1, 0.15) is 34.1 Å². The van der Waals surface area contributed by atoms with Gasteiger partial charge >= 0.3 is 6.09 Å². The highest BCUT2D eigenvalue weighted by Gasteiger charge is 2.42. The van der Waals surface area contributed by atoms with Crippen molar-refractivity contribution in [3.8, 4) is 0 Å². The molecule has 1 aliphatic rings. The molecule has 0 N–H and O–H groups in total. The fourth-order valence-electron chi connectivity index (χ4n) is 1.60. The quantitative estimate of drug-likeness (QED) is 0.210. The van der Waals surface area contributed by atoms with Gasteiger partial charge in [0.2, 0.25) is 11.2 Å². The van der Waals surface area contributed by atoms with Gasteiger partial charge in [-0.2, -0.15) is 0 Å². The molecule has 1 amide bonds. The smallest absolute Gasteiger partial charge is 0.317 e.